The van der Waals surface area contributed by atoms with E-state index >= 15 is 0 Å². The standard InChI is InChI=1S/C13H11Cl2NO/c1-17-12-6-5-8(7-11(12)16)9-3-2-4-10(14)13(9)15/h2-7H,16H2,1H3. The minimum absolute atomic E-state index is 0.526. The van der Waals surface area contributed by atoms with Gasteiger partial charge in [-0.05, 0) is 23.8 Å². The number of methoxy groups -OCH3 is 1. The lowest BCUT2D eigenvalue weighted by Crippen LogP contribution is -1.92. The van der Waals surface area contributed by atoms with Gasteiger partial charge in [0, 0.05) is 5.56 Å². The summed E-state index contributed by atoms with van der Waals surface area (Å²) in [6.45, 7) is 0. The highest BCUT2D eigenvalue weighted by atomic mass is 35.5. The maximum absolute atomic E-state index is 6.15. The van der Waals surface area contributed by atoms with Crippen molar-refractivity contribution in [2.24, 2.45) is 0 Å². The van der Waals surface area contributed by atoms with E-state index in [1.54, 1.807) is 13.2 Å². The fraction of sp³-hybridized carbons (Fsp3) is 0.0769. The van der Waals surface area contributed by atoms with Crippen LogP contribution >= 0.6 is 23.2 Å². The summed E-state index contributed by atoms with van der Waals surface area (Å²) in [5.74, 6) is 0.645. The summed E-state index contributed by atoms with van der Waals surface area (Å²) >= 11 is 12.1. The minimum Gasteiger partial charge on any atom is -0.495 e. The van der Waals surface area contributed by atoms with Crippen LogP contribution in [-0.4, -0.2) is 7.11 Å². The molecule has 0 aromatic heterocycles. The van der Waals surface area contributed by atoms with Gasteiger partial charge in [-0.15, -0.1) is 0 Å². The van der Waals surface area contributed by atoms with Crippen LogP contribution in [0.1, 0.15) is 0 Å². The van der Waals surface area contributed by atoms with E-state index in [9.17, 15) is 0 Å². The summed E-state index contributed by atoms with van der Waals surface area (Å²) in [4.78, 5) is 0. The highest BCUT2D eigenvalue weighted by Crippen LogP contribution is 2.35. The molecule has 0 amide bonds. The molecule has 0 heterocycles. The van der Waals surface area contributed by atoms with E-state index < -0.39 is 0 Å². The van der Waals surface area contributed by atoms with Crippen molar-refractivity contribution < 1.29 is 4.74 Å². The Hall–Kier alpha value is -1.38. The van der Waals surface area contributed by atoms with Crippen LogP contribution in [0.5, 0.6) is 5.75 Å². The molecule has 0 saturated carbocycles. The fourth-order valence-corrected chi connectivity index (χ4v) is 2.04. The van der Waals surface area contributed by atoms with E-state index in [2.05, 4.69) is 0 Å². The number of nitrogens with two attached hydrogens (primary N) is 1. The molecule has 0 spiro atoms. The summed E-state index contributed by atoms with van der Waals surface area (Å²) in [7, 11) is 1.58. The molecule has 2 aromatic rings. The van der Waals surface area contributed by atoms with Crippen LogP contribution in [0.4, 0.5) is 5.69 Å². The van der Waals surface area contributed by atoms with Gasteiger partial charge in [-0.3, -0.25) is 0 Å². The van der Waals surface area contributed by atoms with E-state index in [4.69, 9.17) is 33.7 Å². The van der Waals surface area contributed by atoms with Gasteiger partial charge in [0.15, 0.2) is 0 Å². The Morgan fingerprint density at radius 3 is 2.53 bits per heavy atom. The van der Waals surface area contributed by atoms with Crippen LogP contribution in [0.15, 0.2) is 36.4 Å². The van der Waals surface area contributed by atoms with Gasteiger partial charge in [-0.25, -0.2) is 0 Å². The lowest BCUT2D eigenvalue weighted by atomic mass is 10.0. The van der Waals surface area contributed by atoms with Crippen LogP contribution in [-0.2, 0) is 0 Å². The van der Waals surface area contributed by atoms with Gasteiger partial charge in [0.05, 0.1) is 22.8 Å². The molecule has 0 radical (unpaired) electrons. The maximum atomic E-state index is 6.15. The Morgan fingerprint density at radius 2 is 1.88 bits per heavy atom. The van der Waals surface area contributed by atoms with E-state index in [1.807, 2.05) is 30.3 Å². The SMILES string of the molecule is COc1ccc(-c2cccc(Cl)c2Cl)cc1N. The molecule has 2 aromatic carbocycles. The predicted octanol–water partition coefficient (Wildman–Crippen LogP) is 4.25. The third kappa shape index (κ3) is 2.33. The molecule has 88 valence electrons. The van der Waals surface area contributed by atoms with Gasteiger partial charge in [-0.1, -0.05) is 41.4 Å². The quantitative estimate of drug-likeness (QED) is 0.826. The van der Waals surface area contributed by atoms with Gasteiger partial charge >= 0.3 is 0 Å². The number of anilines is 1. The first kappa shape index (κ1) is 12.1. The Balaban J connectivity index is 2.54. The molecule has 0 aliphatic carbocycles. The fourth-order valence-electron chi connectivity index (χ4n) is 1.63. The number of hydrogen-bond acceptors (Lipinski definition) is 2. The molecule has 2 nitrogen and oxygen atoms in total. The largest absolute Gasteiger partial charge is 0.495 e. The van der Waals surface area contributed by atoms with Crippen LogP contribution in [0, 0.1) is 0 Å². The number of rotatable bonds is 2. The average molecular weight is 268 g/mol. The lowest BCUT2D eigenvalue weighted by molar-refractivity contribution is 0.417. The first-order chi connectivity index (χ1) is 8.13. The zero-order chi connectivity index (χ0) is 12.4. The van der Waals surface area contributed by atoms with E-state index in [0.717, 1.165) is 11.1 Å². The first-order valence-corrected chi connectivity index (χ1v) is 5.77. The van der Waals surface area contributed by atoms with Crippen molar-refractivity contribution in [3.8, 4) is 16.9 Å². The topological polar surface area (TPSA) is 35.2 Å². The Bertz CT molecular complexity index is 555. The second-order valence-corrected chi connectivity index (χ2v) is 4.34. The van der Waals surface area contributed by atoms with E-state index in [0.29, 0.717) is 21.5 Å². The zero-order valence-corrected chi connectivity index (χ0v) is 10.7. The van der Waals surface area contributed by atoms with E-state index in [-0.39, 0.29) is 0 Å². The summed E-state index contributed by atoms with van der Waals surface area (Å²) < 4.78 is 5.11. The van der Waals surface area contributed by atoms with Gasteiger partial charge in [-0.2, -0.15) is 0 Å². The molecule has 17 heavy (non-hydrogen) atoms. The summed E-state index contributed by atoms with van der Waals surface area (Å²) in [5, 5.41) is 1.05. The molecule has 0 bridgehead atoms. The summed E-state index contributed by atoms with van der Waals surface area (Å²) in [6.07, 6.45) is 0. The first-order valence-electron chi connectivity index (χ1n) is 5.01. The normalized spacial score (nSPS) is 10.3. The highest BCUT2D eigenvalue weighted by Gasteiger charge is 2.08. The average Bonchev–Trinajstić information content (AvgIpc) is 2.32. The van der Waals surface area contributed by atoms with Gasteiger partial charge in [0.1, 0.15) is 5.75 Å². The molecule has 0 aliphatic heterocycles. The van der Waals surface area contributed by atoms with Crippen molar-refractivity contribution in [1.82, 2.24) is 0 Å². The molecule has 2 N–H and O–H groups in total. The second kappa shape index (κ2) is 4.86. The number of halogens is 2. The lowest BCUT2D eigenvalue weighted by Gasteiger charge is -2.09. The Kier molecular flexibility index (Phi) is 3.46. The molecule has 4 heteroatoms. The van der Waals surface area contributed by atoms with E-state index in [1.165, 1.54) is 0 Å². The molecule has 0 atom stereocenters. The van der Waals surface area contributed by atoms with Crippen LogP contribution in [0.2, 0.25) is 10.0 Å². The van der Waals surface area contributed by atoms with Crippen molar-refractivity contribution in [3.63, 3.8) is 0 Å². The molecule has 0 saturated heterocycles. The third-order valence-electron chi connectivity index (χ3n) is 2.49. The van der Waals surface area contributed by atoms with Crippen LogP contribution in [0.25, 0.3) is 11.1 Å². The molecule has 0 fully saturated rings. The molecular weight excluding hydrogens is 257 g/mol. The smallest absolute Gasteiger partial charge is 0.141 e. The Morgan fingerprint density at radius 1 is 1.12 bits per heavy atom. The maximum Gasteiger partial charge on any atom is 0.141 e. The van der Waals surface area contributed by atoms with Crippen molar-refractivity contribution in [3.05, 3.63) is 46.4 Å². The number of hydrogen-bond donors (Lipinski definition) is 1. The molecule has 2 rings (SSSR count). The number of nitrogen functional groups attached to an aromatic ring is 1. The second-order valence-electron chi connectivity index (χ2n) is 3.56. The van der Waals surface area contributed by atoms with Gasteiger partial charge in [0.2, 0.25) is 0 Å². The van der Waals surface area contributed by atoms with Crippen molar-refractivity contribution in [2.75, 3.05) is 12.8 Å². The van der Waals surface area contributed by atoms with Crippen molar-refractivity contribution in [1.29, 1.82) is 0 Å². The Labute approximate surface area is 110 Å². The van der Waals surface area contributed by atoms with Gasteiger partial charge < -0.3 is 10.5 Å². The van der Waals surface area contributed by atoms with Crippen LogP contribution < -0.4 is 10.5 Å². The predicted molar refractivity (Wildman–Crippen MR) is 72.9 cm³/mol. The summed E-state index contributed by atoms with van der Waals surface area (Å²) in [6, 6.07) is 11.0. The minimum atomic E-state index is 0.526. The zero-order valence-electron chi connectivity index (χ0n) is 9.21. The van der Waals surface area contributed by atoms with Crippen LogP contribution in [0.3, 0.4) is 0 Å². The van der Waals surface area contributed by atoms with Crippen molar-refractivity contribution >= 4 is 28.9 Å². The summed E-state index contributed by atoms with van der Waals surface area (Å²) in [5.41, 5.74) is 8.19. The van der Waals surface area contributed by atoms with Crippen molar-refractivity contribution in [2.45, 2.75) is 0 Å². The molecular formula is C13H11Cl2NO. The number of ether oxygens (including phenoxy) is 1. The monoisotopic (exact) mass is 267 g/mol. The molecule has 0 unspecified atom stereocenters. The number of benzene rings is 2. The highest BCUT2D eigenvalue weighted by molar-refractivity contribution is 6.43. The van der Waals surface area contributed by atoms with Gasteiger partial charge in [0.25, 0.3) is 0 Å². The molecule has 0 aliphatic rings. The third-order valence-corrected chi connectivity index (χ3v) is 3.31.